The smallest absolute Gasteiger partial charge is 0.293 e. The van der Waals surface area contributed by atoms with Crippen molar-refractivity contribution in [3.63, 3.8) is 0 Å². The highest BCUT2D eigenvalue weighted by molar-refractivity contribution is 8.10. The van der Waals surface area contributed by atoms with Crippen molar-refractivity contribution in [1.29, 1.82) is 0 Å². The number of rotatable bonds is 4. The van der Waals surface area contributed by atoms with Crippen molar-refractivity contribution in [2.45, 2.75) is 11.3 Å². The molecule has 1 aliphatic heterocycles. The highest BCUT2D eigenvalue weighted by Gasteiger charge is 2.30. The molecule has 1 fully saturated rings. The van der Waals surface area contributed by atoms with Crippen LogP contribution in [0.5, 0.6) is 5.75 Å². The minimum atomic E-state index is -0.320. The maximum Gasteiger partial charge on any atom is 0.293 e. The number of thioether (sulfide) groups is 1. The number of pyridine rings is 1. The van der Waals surface area contributed by atoms with E-state index in [4.69, 9.17) is 4.74 Å². The summed E-state index contributed by atoms with van der Waals surface area (Å²) in [4.78, 5) is 26.9. The largest absolute Gasteiger partial charge is 0.482 e. The third kappa shape index (κ3) is 3.47. The molecule has 126 valence electrons. The lowest BCUT2D eigenvalue weighted by molar-refractivity contribution is 0.0787. The molecule has 1 aliphatic rings. The van der Waals surface area contributed by atoms with Crippen molar-refractivity contribution >= 4 is 30.3 Å². The van der Waals surface area contributed by atoms with E-state index in [9.17, 15) is 9.59 Å². The Kier molecular flexibility index (Phi) is 5.20. The maximum atomic E-state index is 12.8. The number of hydrogen-bond donors (Lipinski definition) is 1. The number of carbonyl (C=O) groups excluding carboxylic acids is 1. The third-order valence-electron chi connectivity index (χ3n) is 3.81. The number of thiol groups is 1. The Morgan fingerprint density at radius 1 is 1.33 bits per heavy atom. The van der Waals surface area contributed by atoms with Crippen LogP contribution in [-0.2, 0) is 13.7 Å². The highest BCUT2D eigenvalue weighted by atomic mass is 32.2. The van der Waals surface area contributed by atoms with Gasteiger partial charge in [0.25, 0.3) is 11.5 Å². The molecule has 1 aromatic carbocycles. The Hall–Kier alpha value is -1.86. The Bertz CT molecular complexity index is 792. The molecule has 2 heterocycles. The number of aromatic nitrogens is 1. The summed E-state index contributed by atoms with van der Waals surface area (Å²) in [6.45, 7) is 0.852. The lowest BCUT2D eigenvalue weighted by atomic mass is 10.2. The van der Waals surface area contributed by atoms with Crippen molar-refractivity contribution in [3.05, 3.63) is 64.1 Å². The first-order valence-electron chi connectivity index (χ1n) is 7.55. The molecule has 2 aromatic rings. The van der Waals surface area contributed by atoms with E-state index in [-0.39, 0.29) is 34.1 Å². The highest BCUT2D eigenvalue weighted by Crippen LogP contribution is 2.29. The third-order valence-corrected chi connectivity index (χ3v) is 5.50. The first kappa shape index (κ1) is 17.0. The zero-order valence-electron chi connectivity index (χ0n) is 13.2. The van der Waals surface area contributed by atoms with E-state index in [1.165, 1.54) is 4.57 Å². The zero-order chi connectivity index (χ0) is 17.1. The standard InChI is InChI=1S/C17H18N2O3S2/c1-18-8-7-13(15(20)19-9-10-24-17(19)23)14(16(18)21)22-11-12-5-3-2-4-6-12/h2-8,17,23H,9-11H2,1H3. The Morgan fingerprint density at radius 3 is 2.75 bits per heavy atom. The fourth-order valence-electron chi connectivity index (χ4n) is 2.46. The van der Waals surface area contributed by atoms with Gasteiger partial charge in [0.05, 0.1) is 5.56 Å². The van der Waals surface area contributed by atoms with E-state index in [1.807, 2.05) is 30.3 Å². The predicted octanol–water partition coefficient (Wildman–Crippen LogP) is 2.37. The first-order valence-corrected chi connectivity index (χ1v) is 9.11. The predicted molar refractivity (Wildman–Crippen MR) is 98.7 cm³/mol. The minimum Gasteiger partial charge on any atom is -0.482 e. The quantitative estimate of drug-likeness (QED) is 0.849. The van der Waals surface area contributed by atoms with Crippen LogP contribution in [0.25, 0.3) is 0 Å². The van der Waals surface area contributed by atoms with Crippen LogP contribution >= 0.6 is 24.4 Å². The van der Waals surface area contributed by atoms with Gasteiger partial charge < -0.3 is 14.2 Å². The summed E-state index contributed by atoms with van der Waals surface area (Å²) in [7, 11) is 1.64. The average Bonchev–Trinajstić information content (AvgIpc) is 3.02. The van der Waals surface area contributed by atoms with E-state index in [1.54, 1.807) is 36.0 Å². The van der Waals surface area contributed by atoms with Crippen LogP contribution < -0.4 is 10.3 Å². The van der Waals surface area contributed by atoms with Crippen LogP contribution in [0.15, 0.2) is 47.4 Å². The van der Waals surface area contributed by atoms with Gasteiger partial charge in [0.1, 0.15) is 11.3 Å². The summed E-state index contributed by atoms with van der Waals surface area (Å²) >= 11 is 6.01. The van der Waals surface area contributed by atoms with Crippen LogP contribution in [0.4, 0.5) is 0 Å². The van der Waals surface area contributed by atoms with Crippen LogP contribution in [0.1, 0.15) is 15.9 Å². The van der Waals surface area contributed by atoms with Crippen molar-refractivity contribution < 1.29 is 9.53 Å². The van der Waals surface area contributed by atoms with Crippen molar-refractivity contribution in [1.82, 2.24) is 9.47 Å². The van der Waals surface area contributed by atoms with Gasteiger partial charge in [-0.1, -0.05) is 30.3 Å². The summed E-state index contributed by atoms with van der Waals surface area (Å²) < 4.78 is 6.96. The van der Waals surface area contributed by atoms with Gasteiger partial charge >= 0.3 is 0 Å². The molecule has 1 amide bonds. The zero-order valence-corrected chi connectivity index (χ0v) is 14.9. The molecule has 1 saturated heterocycles. The number of aryl methyl sites for hydroxylation is 1. The summed E-state index contributed by atoms with van der Waals surface area (Å²) in [5, 5.41) is 0. The Labute approximate surface area is 150 Å². The van der Waals surface area contributed by atoms with E-state index in [2.05, 4.69) is 12.6 Å². The van der Waals surface area contributed by atoms with Crippen molar-refractivity contribution in [3.8, 4) is 5.75 Å². The van der Waals surface area contributed by atoms with Gasteiger partial charge in [-0.25, -0.2) is 0 Å². The molecule has 5 nitrogen and oxygen atoms in total. The normalized spacial score (nSPS) is 17.1. The molecule has 1 aromatic heterocycles. The lowest BCUT2D eigenvalue weighted by Crippen LogP contribution is -2.34. The summed E-state index contributed by atoms with van der Waals surface area (Å²) in [5.74, 6) is 0.706. The van der Waals surface area contributed by atoms with Crippen LogP contribution in [0.3, 0.4) is 0 Å². The number of nitrogens with zero attached hydrogens (tertiary/aromatic N) is 2. The van der Waals surface area contributed by atoms with Gasteiger partial charge in [0.2, 0.25) is 0 Å². The number of benzene rings is 1. The van der Waals surface area contributed by atoms with E-state index in [0.29, 0.717) is 6.54 Å². The number of ether oxygens (including phenoxy) is 1. The van der Waals surface area contributed by atoms with Gasteiger partial charge in [-0.3, -0.25) is 9.59 Å². The second kappa shape index (κ2) is 7.36. The number of amides is 1. The molecule has 1 unspecified atom stereocenters. The van der Waals surface area contributed by atoms with Crippen LogP contribution in [0.2, 0.25) is 0 Å². The molecule has 0 N–H and O–H groups in total. The summed E-state index contributed by atoms with van der Waals surface area (Å²) in [6.07, 6.45) is 1.59. The van der Waals surface area contributed by atoms with Crippen LogP contribution in [0, 0.1) is 0 Å². The monoisotopic (exact) mass is 362 g/mol. The second-order valence-electron chi connectivity index (χ2n) is 5.44. The van der Waals surface area contributed by atoms with Gasteiger partial charge in [-0.05, 0) is 11.6 Å². The Balaban J connectivity index is 1.90. The maximum absolute atomic E-state index is 12.8. The number of hydrogen-bond acceptors (Lipinski definition) is 5. The van der Waals surface area contributed by atoms with Gasteiger partial charge in [0.15, 0.2) is 5.75 Å². The minimum absolute atomic E-state index is 0.0892. The molecule has 24 heavy (non-hydrogen) atoms. The summed E-state index contributed by atoms with van der Waals surface area (Å²) in [6, 6.07) is 11.2. The molecule has 3 rings (SSSR count). The van der Waals surface area contributed by atoms with Crippen LogP contribution in [-0.4, -0.2) is 32.4 Å². The Morgan fingerprint density at radius 2 is 2.08 bits per heavy atom. The molecule has 0 saturated carbocycles. The molecule has 0 radical (unpaired) electrons. The second-order valence-corrected chi connectivity index (χ2v) is 7.47. The molecule has 0 bridgehead atoms. The topological polar surface area (TPSA) is 51.5 Å². The van der Waals surface area contributed by atoms with Gasteiger partial charge in [0, 0.05) is 25.5 Å². The van der Waals surface area contributed by atoms with Crippen molar-refractivity contribution in [2.75, 3.05) is 12.3 Å². The van der Waals surface area contributed by atoms with Crippen molar-refractivity contribution in [2.24, 2.45) is 7.05 Å². The fourth-order valence-corrected chi connectivity index (χ4v) is 3.89. The lowest BCUT2D eigenvalue weighted by Gasteiger charge is -2.21. The molecule has 7 heteroatoms. The fraction of sp³-hybridized carbons (Fsp3) is 0.294. The van der Waals surface area contributed by atoms with E-state index in [0.717, 1.165) is 11.3 Å². The molecule has 0 spiro atoms. The van der Waals surface area contributed by atoms with E-state index < -0.39 is 0 Å². The molecule has 0 aliphatic carbocycles. The SMILES string of the molecule is Cn1ccc(C(=O)N2CCSC2S)c(OCc2ccccc2)c1=O. The molecular formula is C17H18N2O3S2. The molecule has 1 atom stereocenters. The summed E-state index contributed by atoms with van der Waals surface area (Å²) in [5.41, 5.74) is 0.903. The average molecular weight is 362 g/mol. The van der Waals surface area contributed by atoms with E-state index >= 15 is 0 Å². The molecular weight excluding hydrogens is 344 g/mol. The first-order chi connectivity index (χ1) is 11.6. The number of carbonyl (C=O) groups is 1. The van der Waals surface area contributed by atoms with Gasteiger partial charge in [-0.2, -0.15) is 0 Å². The van der Waals surface area contributed by atoms with Gasteiger partial charge in [-0.15, -0.1) is 24.4 Å².